The Morgan fingerprint density at radius 1 is 1.08 bits per heavy atom. The summed E-state index contributed by atoms with van der Waals surface area (Å²) in [6.45, 7) is 3.63. The molecule has 0 aliphatic rings. The van der Waals surface area contributed by atoms with Crippen LogP contribution in [-0.4, -0.2) is 0 Å². The van der Waals surface area contributed by atoms with Crippen LogP contribution < -0.4 is 0 Å². The van der Waals surface area contributed by atoms with Crippen LogP contribution in [0.2, 0.25) is 0 Å². The molecule has 0 unspecified atom stereocenters. The van der Waals surface area contributed by atoms with E-state index in [1.807, 2.05) is 32.0 Å². The Balaban J connectivity index is 3.20. The quantitative estimate of drug-likeness (QED) is 0.501. The molecule has 57 valence electrons. The molecule has 0 aliphatic carbocycles. The van der Waals surface area contributed by atoms with Gasteiger partial charge in [-0.25, -0.2) is 0 Å². The molecular weight excluding hydrogens is 144 g/mol. The average molecular weight is 153 g/mol. The van der Waals surface area contributed by atoms with E-state index in [0.717, 1.165) is 11.1 Å². The SMILES string of the molecule is CC#Cc1c[c]ccc1C#CC. The molecule has 1 radical (unpaired) electrons. The van der Waals surface area contributed by atoms with Crippen LogP contribution in [-0.2, 0) is 0 Å². The summed E-state index contributed by atoms with van der Waals surface area (Å²) in [7, 11) is 0. The third kappa shape index (κ3) is 1.91. The second-order valence-electron chi connectivity index (χ2n) is 2.22. The molecule has 0 saturated heterocycles. The van der Waals surface area contributed by atoms with Gasteiger partial charge in [-0.2, -0.15) is 0 Å². The number of rotatable bonds is 0. The van der Waals surface area contributed by atoms with Crippen molar-refractivity contribution >= 4 is 0 Å². The Morgan fingerprint density at radius 2 is 1.75 bits per heavy atom. The first-order valence-corrected chi connectivity index (χ1v) is 3.74. The summed E-state index contributed by atoms with van der Waals surface area (Å²) in [5.74, 6) is 11.7. The summed E-state index contributed by atoms with van der Waals surface area (Å²) < 4.78 is 0. The normalized spacial score (nSPS) is 7.50. The minimum atomic E-state index is 0.953. The number of benzene rings is 1. The first-order chi connectivity index (χ1) is 5.88. The van der Waals surface area contributed by atoms with E-state index in [1.54, 1.807) is 0 Å². The minimum Gasteiger partial charge on any atom is -0.101 e. The van der Waals surface area contributed by atoms with E-state index in [1.165, 1.54) is 0 Å². The van der Waals surface area contributed by atoms with Gasteiger partial charge >= 0.3 is 0 Å². The summed E-state index contributed by atoms with van der Waals surface area (Å²) in [4.78, 5) is 0. The zero-order valence-corrected chi connectivity index (χ0v) is 7.23. The van der Waals surface area contributed by atoms with Gasteiger partial charge in [0.15, 0.2) is 0 Å². The zero-order chi connectivity index (χ0) is 8.81. The lowest BCUT2D eigenvalue weighted by molar-refractivity contribution is 1.57. The third-order valence-corrected chi connectivity index (χ3v) is 1.38. The molecule has 0 heterocycles. The van der Waals surface area contributed by atoms with E-state index >= 15 is 0 Å². The van der Waals surface area contributed by atoms with Crippen LogP contribution in [0.3, 0.4) is 0 Å². The topological polar surface area (TPSA) is 0 Å². The first-order valence-electron chi connectivity index (χ1n) is 3.74. The van der Waals surface area contributed by atoms with E-state index in [4.69, 9.17) is 0 Å². The van der Waals surface area contributed by atoms with Crippen molar-refractivity contribution in [2.45, 2.75) is 13.8 Å². The Hall–Kier alpha value is -1.66. The average Bonchev–Trinajstić information content (AvgIpc) is 2.09. The van der Waals surface area contributed by atoms with Gasteiger partial charge in [0.2, 0.25) is 0 Å². The highest BCUT2D eigenvalue weighted by Gasteiger charge is 1.92. The van der Waals surface area contributed by atoms with Crippen LogP contribution in [0.25, 0.3) is 0 Å². The lowest BCUT2D eigenvalue weighted by atomic mass is 10.1. The van der Waals surface area contributed by atoms with Crippen LogP contribution in [0, 0.1) is 29.7 Å². The third-order valence-electron chi connectivity index (χ3n) is 1.38. The van der Waals surface area contributed by atoms with Gasteiger partial charge in [0.25, 0.3) is 0 Å². The van der Waals surface area contributed by atoms with Gasteiger partial charge in [0.05, 0.1) is 0 Å². The largest absolute Gasteiger partial charge is 0.101 e. The molecule has 0 spiro atoms. The highest BCUT2D eigenvalue weighted by molar-refractivity contribution is 5.49. The molecule has 0 atom stereocenters. The number of hydrogen-bond acceptors (Lipinski definition) is 0. The van der Waals surface area contributed by atoms with E-state index in [9.17, 15) is 0 Å². The van der Waals surface area contributed by atoms with Crippen LogP contribution in [0.5, 0.6) is 0 Å². The van der Waals surface area contributed by atoms with Crippen LogP contribution in [0.15, 0.2) is 18.2 Å². The molecule has 0 aliphatic heterocycles. The molecule has 0 nitrogen and oxygen atoms in total. The van der Waals surface area contributed by atoms with Crippen LogP contribution in [0.4, 0.5) is 0 Å². The van der Waals surface area contributed by atoms with E-state index in [0.29, 0.717) is 0 Å². The zero-order valence-electron chi connectivity index (χ0n) is 7.23. The summed E-state index contributed by atoms with van der Waals surface area (Å²) >= 11 is 0. The Morgan fingerprint density at radius 3 is 2.42 bits per heavy atom. The molecule has 1 aromatic carbocycles. The Labute approximate surface area is 73.6 Å². The maximum atomic E-state index is 2.99. The van der Waals surface area contributed by atoms with Gasteiger partial charge in [0.1, 0.15) is 0 Å². The molecular formula is C12H9. The van der Waals surface area contributed by atoms with Crippen molar-refractivity contribution in [1.29, 1.82) is 0 Å². The predicted molar refractivity (Wildman–Crippen MR) is 50.4 cm³/mol. The van der Waals surface area contributed by atoms with Crippen molar-refractivity contribution in [2.24, 2.45) is 0 Å². The van der Waals surface area contributed by atoms with Crippen molar-refractivity contribution in [3.05, 3.63) is 35.4 Å². The van der Waals surface area contributed by atoms with Gasteiger partial charge in [-0.1, -0.05) is 17.9 Å². The Bertz CT molecular complexity index is 339. The predicted octanol–water partition coefficient (Wildman–Crippen LogP) is 2.23. The van der Waals surface area contributed by atoms with Gasteiger partial charge < -0.3 is 0 Å². The summed E-state index contributed by atoms with van der Waals surface area (Å²) in [5, 5.41) is 0. The van der Waals surface area contributed by atoms with E-state index in [2.05, 4.69) is 29.7 Å². The monoisotopic (exact) mass is 153 g/mol. The summed E-state index contributed by atoms with van der Waals surface area (Å²) in [6.07, 6.45) is 0. The fraction of sp³-hybridized carbons (Fsp3) is 0.167. The van der Waals surface area contributed by atoms with Gasteiger partial charge in [-0.3, -0.25) is 0 Å². The van der Waals surface area contributed by atoms with Crippen molar-refractivity contribution in [3.8, 4) is 23.7 Å². The molecule has 0 fully saturated rings. The van der Waals surface area contributed by atoms with Crippen LogP contribution >= 0.6 is 0 Å². The van der Waals surface area contributed by atoms with E-state index in [-0.39, 0.29) is 0 Å². The fourth-order valence-corrected chi connectivity index (χ4v) is 0.912. The molecule has 12 heavy (non-hydrogen) atoms. The first kappa shape index (κ1) is 8.44. The molecule has 1 aromatic rings. The molecule has 0 amide bonds. The lowest BCUT2D eigenvalue weighted by Crippen LogP contribution is -1.81. The van der Waals surface area contributed by atoms with Crippen molar-refractivity contribution in [3.63, 3.8) is 0 Å². The molecule has 0 aromatic heterocycles. The number of hydrogen-bond donors (Lipinski definition) is 0. The van der Waals surface area contributed by atoms with Crippen molar-refractivity contribution < 1.29 is 0 Å². The molecule has 0 saturated carbocycles. The molecule has 0 N–H and O–H groups in total. The Kier molecular flexibility index (Phi) is 3.00. The van der Waals surface area contributed by atoms with Gasteiger partial charge in [0, 0.05) is 11.1 Å². The highest BCUT2D eigenvalue weighted by Crippen LogP contribution is 2.04. The highest BCUT2D eigenvalue weighted by atomic mass is 13.9. The van der Waals surface area contributed by atoms with Crippen LogP contribution in [0.1, 0.15) is 25.0 Å². The van der Waals surface area contributed by atoms with Gasteiger partial charge in [-0.15, -0.1) is 11.8 Å². The van der Waals surface area contributed by atoms with E-state index < -0.39 is 0 Å². The van der Waals surface area contributed by atoms with Crippen molar-refractivity contribution in [2.75, 3.05) is 0 Å². The standard InChI is InChI=1S/C12H9/c1-3-7-11-9-5-6-10-12(11)8-4-2/h5,9-10H,1-2H3. The molecule has 1 rings (SSSR count). The van der Waals surface area contributed by atoms with Crippen molar-refractivity contribution in [1.82, 2.24) is 0 Å². The summed E-state index contributed by atoms with van der Waals surface area (Å²) in [5.41, 5.74) is 1.93. The lowest BCUT2D eigenvalue weighted by Gasteiger charge is -1.92. The smallest absolute Gasteiger partial charge is 0.0407 e. The minimum absolute atomic E-state index is 0.953. The maximum Gasteiger partial charge on any atom is 0.0407 e. The summed E-state index contributed by atoms with van der Waals surface area (Å²) in [6, 6.07) is 8.61. The molecule has 0 bridgehead atoms. The van der Waals surface area contributed by atoms with Gasteiger partial charge in [-0.05, 0) is 32.0 Å². The maximum absolute atomic E-state index is 2.99. The second-order valence-corrected chi connectivity index (χ2v) is 2.22. The fourth-order valence-electron chi connectivity index (χ4n) is 0.912. The second kappa shape index (κ2) is 4.27. The molecule has 0 heteroatoms.